The molecule has 7 nitrogen and oxygen atoms in total. The van der Waals surface area contributed by atoms with Gasteiger partial charge in [0.1, 0.15) is 11.1 Å². The van der Waals surface area contributed by atoms with Gasteiger partial charge in [-0.2, -0.15) is 0 Å². The van der Waals surface area contributed by atoms with Gasteiger partial charge in [-0.1, -0.05) is 31.4 Å². The van der Waals surface area contributed by atoms with Gasteiger partial charge >= 0.3 is 5.97 Å². The quantitative estimate of drug-likeness (QED) is 0.594. The summed E-state index contributed by atoms with van der Waals surface area (Å²) < 4.78 is 0. The molecule has 8 heteroatoms. The number of hydrogen-bond acceptors (Lipinski definition) is 4. The molecule has 1 rings (SSSR count). The van der Waals surface area contributed by atoms with E-state index >= 15 is 0 Å². The maximum atomic E-state index is 12.0. The summed E-state index contributed by atoms with van der Waals surface area (Å²) in [6.07, 6.45) is 1.79. The molecular formula is C13H15ClN2O5. The van der Waals surface area contributed by atoms with Crippen molar-refractivity contribution in [3.8, 4) is 0 Å². The summed E-state index contributed by atoms with van der Waals surface area (Å²) in [6, 6.07) is 2.50. The lowest BCUT2D eigenvalue weighted by molar-refractivity contribution is -0.384. The number of carboxylic acids is 1. The zero-order chi connectivity index (χ0) is 16.0. The third-order valence-corrected chi connectivity index (χ3v) is 3.16. The lowest BCUT2D eigenvalue weighted by Crippen LogP contribution is -2.40. The number of aliphatic carboxylic acids is 1. The van der Waals surface area contributed by atoms with Crippen LogP contribution < -0.4 is 5.32 Å². The van der Waals surface area contributed by atoms with Crippen LogP contribution in [-0.2, 0) is 4.79 Å². The van der Waals surface area contributed by atoms with Crippen LogP contribution >= 0.6 is 11.6 Å². The number of unbranched alkanes of at least 4 members (excludes halogenated alkanes) is 1. The number of carboxylic acid groups (broad SMARTS) is 1. The fourth-order valence-electron chi connectivity index (χ4n) is 1.70. The summed E-state index contributed by atoms with van der Waals surface area (Å²) in [5.41, 5.74) is -0.234. The minimum Gasteiger partial charge on any atom is -0.480 e. The molecule has 0 aliphatic heterocycles. The number of hydrogen-bond donors (Lipinski definition) is 2. The highest BCUT2D eigenvalue weighted by Gasteiger charge is 2.21. The summed E-state index contributed by atoms with van der Waals surface area (Å²) in [5, 5.41) is 21.9. The van der Waals surface area contributed by atoms with Crippen LogP contribution in [0.4, 0.5) is 5.69 Å². The highest BCUT2D eigenvalue weighted by Crippen LogP contribution is 2.25. The molecule has 0 aliphatic carbocycles. The molecule has 0 saturated carbocycles. The van der Waals surface area contributed by atoms with Crippen LogP contribution in [0.15, 0.2) is 18.2 Å². The normalized spacial score (nSPS) is 11.7. The predicted octanol–water partition coefficient (Wildman–Crippen LogP) is 2.62. The monoisotopic (exact) mass is 314 g/mol. The summed E-state index contributed by atoms with van der Waals surface area (Å²) in [7, 11) is 0. The SMILES string of the molecule is CCCC[C@H](NC(=O)c1ccc([N+](=O)[O-])c(Cl)c1)C(=O)O. The molecule has 1 aromatic carbocycles. The van der Waals surface area contributed by atoms with Crippen molar-refractivity contribution in [1.29, 1.82) is 0 Å². The van der Waals surface area contributed by atoms with Crippen molar-refractivity contribution < 1.29 is 19.6 Å². The fourth-order valence-corrected chi connectivity index (χ4v) is 1.95. The Balaban J connectivity index is 2.85. The third-order valence-electron chi connectivity index (χ3n) is 2.86. The molecule has 1 aromatic rings. The second-order valence-corrected chi connectivity index (χ2v) is 4.84. The van der Waals surface area contributed by atoms with E-state index in [1.807, 2.05) is 6.92 Å². The van der Waals surface area contributed by atoms with Gasteiger partial charge in [0.05, 0.1) is 4.92 Å². The Kier molecular flexibility index (Phi) is 6.10. The van der Waals surface area contributed by atoms with Gasteiger partial charge in [-0.3, -0.25) is 14.9 Å². The number of carbonyl (C=O) groups excluding carboxylic acids is 1. The van der Waals surface area contributed by atoms with Crippen LogP contribution in [0.2, 0.25) is 5.02 Å². The Labute approximate surface area is 126 Å². The van der Waals surface area contributed by atoms with Crippen molar-refractivity contribution in [2.75, 3.05) is 0 Å². The Hall–Kier alpha value is -2.15. The van der Waals surface area contributed by atoms with E-state index in [2.05, 4.69) is 5.32 Å². The first kappa shape index (κ1) is 16.9. The van der Waals surface area contributed by atoms with Crippen molar-refractivity contribution in [2.24, 2.45) is 0 Å². The Bertz CT molecular complexity index is 561. The summed E-state index contributed by atoms with van der Waals surface area (Å²) in [4.78, 5) is 33.0. The fraction of sp³-hybridized carbons (Fsp3) is 0.385. The largest absolute Gasteiger partial charge is 0.480 e. The Morgan fingerprint density at radius 2 is 2.14 bits per heavy atom. The smallest absolute Gasteiger partial charge is 0.326 e. The van der Waals surface area contributed by atoms with Crippen LogP contribution in [-0.4, -0.2) is 27.9 Å². The average Bonchev–Trinajstić information content (AvgIpc) is 2.42. The van der Waals surface area contributed by atoms with Crippen molar-refractivity contribution in [3.63, 3.8) is 0 Å². The molecule has 0 fully saturated rings. The van der Waals surface area contributed by atoms with Crippen molar-refractivity contribution in [1.82, 2.24) is 5.32 Å². The van der Waals surface area contributed by atoms with E-state index in [1.54, 1.807) is 0 Å². The van der Waals surface area contributed by atoms with Gasteiger partial charge in [0.15, 0.2) is 0 Å². The predicted molar refractivity (Wildman–Crippen MR) is 76.5 cm³/mol. The summed E-state index contributed by atoms with van der Waals surface area (Å²) in [6.45, 7) is 1.91. The second kappa shape index (κ2) is 7.58. The van der Waals surface area contributed by atoms with Gasteiger partial charge in [-0.05, 0) is 18.6 Å². The highest BCUT2D eigenvalue weighted by atomic mass is 35.5. The molecule has 2 N–H and O–H groups in total. The number of rotatable bonds is 7. The van der Waals surface area contributed by atoms with E-state index in [9.17, 15) is 19.7 Å². The average molecular weight is 315 g/mol. The lowest BCUT2D eigenvalue weighted by atomic mass is 10.1. The minimum atomic E-state index is -1.12. The van der Waals surface area contributed by atoms with Gasteiger partial charge in [0.25, 0.3) is 11.6 Å². The Morgan fingerprint density at radius 1 is 1.48 bits per heavy atom. The first-order valence-corrected chi connectivity index (χ1v) is 6.72. The number of carbonyl (C=O) groups is 2. The highest BCUT2D eigenvalue weighted by molar-refractivity contribution is 6.33. The van der Waals surface area contributed by atoms with Gasteiger partial charge in [-0.15, -0.1) is 0 Å². The standard InChI is InChI=1S/C13H15ClN2O5/c1-2-3-4-10(13(18)19)15-12(17)8-5-6-11(16(20)21)9(14)7-8/h5-7,10H,2-4H2,1H3,(H,15,17)(H,18,19)/t10-/m0/s1. The molecule has 1 amide bonds. The number of amides is 1. The molecule has 0 aliphatic rings. The second-order valence-electron chi connectivity index (χ2n) is 4.43. The van der Waals surface area contributed by atoms with Gasteiger partial charge in [-0.25, -0.2) is 4.79 Å². The van der Waals surface area contributed by atoms with Crippen molar-refractivity contribution in [3.05, 3.63) is 38.9 Å². The van der Waals surface area contributed by atoms with Gasteiger partial charge < -0.3 is 10.4 Å². The topological polar surface area (TPSA) is 110 Å². The molecular weight excluding hydrogens is 300 g/mol. The molecule has 0 aromatic heterocycles. The maximum Gasteiger partial charge on any atom is 0.326 e. The molecule has 0 heterocycles. The van der Waals surface area contributed by atoms with E-state index in [-0.39, 0.29) is 16.3 Å². The first-order valence-electron chi connectivity index (χ1n) is 6.34. The maximum absolute atomic E-state index is 12.0. The molecule has 0 unspecified atom stereocenters. The first-order chi connectivity index (χ1) is 9.86. The third kappa shape index (κ3) is 4.71. The van der Waals surface area contributed by atoms with Crippen molar-refractivity contribution in [2.45, 2.75) is 32.2 Å². The zero-order valence-corrected chi connectivity index (χ0v) is 12.1. The van der Waals surface area contributed by atoms with Gasteiger partial charge in [0.2, 0.25) is 0 Å². The number of nitro groups is 1. The number of benzene rings is 1. The number of nitrogens with zero attached hydrogens (tertiary/aromatic N) is 1. The van der Waals surface area contributed by atoms with E-state index in [4.69, 9.17) is 16.7 Å². The van der Waals surface area contributed by atoms with E-state index in [1.165, 1.54) is 6.07 Å². The Morgan fingerprint density at radius 3 is 2.62 bits per heavy atom. The molecule has 0 spiro atoms. The number of halogens is 1. The van der Waals surface area contributed by atoms with Crippen LogP contribution in [0.5, 0.6) is 0 Å². The summed E-state index contributed by atoms with van der Waals surface area (Å²) >= 11 is 5.71. The van der Waals surface area contributed by atoms with Crippen molar-refractivity contribution >= 4 is 29.2 Å². The molecule has 114 valence electrons. The minimum absolute atomic E-state index is 0.0772. The molecule has 0 radical (unpaired) electrons. The van der Waals surface area contributed by atoms with E-state index in [0.717, 1.165) is 18.6 Å². The van der Waals surface area contributed by atoms with Crippen LogP contribution in [0.1, 0.15) is 36.5 Å². The molecule has 1 atom stereocenters. The molecule has 0 saturated heterocycles. The van der Waals surface area contributed by atoms with E-state index < -0.39 is 22.8 Å². The molecule has 21 heavy (non-hydrogen) atoms. The molecule has 0 bridgehead atoms. The van der Waals surface area contributed by atoms with E-state index in [0.29, 0.717) is 12.8 Å². The zero-order valence-electron chi connectivity index (χ0n) is 11.3. The van der Waals surface area contributed by atoms with Crippen LogP contribution in [0.3, 0.4) is 0 Å². The van der Waals surface area contributed by atoms with Crippen LogP contribution in [0, 0.1) is 10.1 Å². The van der Waals surface area contributed by atoms with Crippen LogP contribution in [0.25, 0.3) is 0 Å². The number of nitrogens with one attached hydrogen (secondary N) is 1. The lowest BCUT2D eigenvalue weighted by Gasteiger charge is -2.14. The van der Waals surface area contributed by atoms with Gasteiger partial charge in [0, 0.05) is 11.6 Å². The summed E-state index contributed by atoms with van der Waals surface area (Å²) in [5.74, 6) is -1.75. The number of nitro benzene ring substituents is 1.